The third kappa shape index (κ3) is 4.18. The van der Waals surface area contributed by atoms with Gasteiger partial charge in [0.15, 0.2) is 6.61 Å². The van der Waals surface area contributed by atoms with Crippen LogP contribution in [0.25, 0.3) is 10.8 Å². The Morgan fingerprint density at radius 2 is 2.00 bits per heavy atom. The lowest BCUT2D eigenvalue weighted by Crippen LogP contribution is -2.24. The standard InChI is InChI=1S/C23H19BrINO4/c1-2-29-21(28)12-30-23-18(9-14(24)10-19(23)25)17-11-20(27)26-22-15-6-4-3-5-13(15)7-8-16(17)22/h3-10,17H,2,11-12H2,1H3,(H,26,27)/t17-/m0/s1. The van der Waals surface area contributed by atoms with Crippen LogP contribution in [-0.4, -0.2) is 25.1 Å². The number of carbonyl (C=O) groups is 2. The number of benzene rings is 3. The van der Waals surface area contributed by atoms with Gasteiger partial charge < -0.3 is 14.8 Å². The zero-order valence-corrected chi connectivity index (χ0v) is 19.9. The highest BCUT2D eigenvalue weighted by Crippen LogP contribution is 2.45. The van der Waals surface area contributed by atoms with Gasteiger partial charge in [-0.1, -0.05) is 52.3 Å². The van der Waals surface area contributed by atoms with Crippen LogP contribution in [0.2, 0.25) is 0 Å². The summed E-state index contributed by atoms with van der Waals surface area (Å²) < 4.78 is 12.6. The van der Waals surface area contributed by atoms with Crippen molar-refractivity contribution in [2.45, 2.75) is 19.3 Å². The van der Waals surface area contributed by atoms with Gasteiger partial charge in [0.25, 0.3) is 0 Å². The first-order valence-electron chi connectivity index (χ1n) is 9.56. The number of carbonyl (C=O) groups excluding carboxylic acids is 2. The predicted molar refractivity (Wildman–Crippen MR) is 128 cm³/mol. The van der Waals surface area contributed by atoms with E-state index in [1.165, 1.54) is 0 Å². The Hall–Kier alpha value is -2.13. The van der Waals surface area contributed by atoms with Crippen LogP contribution in [-0.2, 0) is 14.3 Å². The SMILES string of the molecule is CCOC(=O)COc1c(I)cc(Br)cc1[C@H]1CC(=O)Nc2c1ccc1ccccc21. The molecule has 154 valence electrons. The minimum Gasteiger partial charge on any atom is -0.480 e. The summed E-state index contributed by atoms with van der Waals surface area (Å²) >= 11 is 5.75. The number of halogens is 2. The van der Waals surface area contributed by atoms with Crippen LogP contribution in [0.3, 0.4) is 0 Å². The molecule has 0 bridgehead atoms. The molecule has 30 heavy (non-hydrogen) atoms. The van der Waals surface area contributed by atoms with Crippen LogP contribution in [0.4, 0.5) is 5.69 Å². The summed E-state index contributed by atoms with van der Waals surface area (Å²) in [6.07, 6.45) is 0.299. The molecule has 0 radical (unpaired) electrons. The fourth-order valence-corrected chi connectivity index (χ4v) is 5.51. The normalized spacial score (nSPS) is 15.4. The zero-order chi connectivity index (χ0) is 21.3. The molecular formula is C23H19BrINO4. The second kappa shape index (κ2) is 8.93. The molecule has 0 fully saturated rings. The van der Waals surface area contributed by atoms with Crippen molar-refractivity contribution in [3.05, 3.63) is 67.7 Å². The highest BCUT2D eigenvalue weighted by molar-refractivity contribution is 14.1. The first-order chi connectivity index (χ1) is 14.5. The monoisotopic (exact) mass is 579 g/mol. The Kier molecular flexibility index (Phi) is 6.29. The minimum atomic E-state index is -0.421. The Morgan fingerprint density at radius 1 is 1.20 bits per heavy atom. The number of amides is 1. The van der Waals surface area contributed by atoms with Crippen molar-refractivity contribution < 1.29 is 19.1 Å². The quantitative estimate of drug-likeness (QED) is 0.315. The fraction of sp³-hybridized carbons (Fsp3) is 0.217. The molecule has 1 N–H and O–H groups in total. The Morgan fingerprint density at radius 3 is 2.80 bits per heavy atom. The van der Waals surface area contributed by atoms with Gasteiger partial charge in [-0.15, -0.1) is 0 Å². The average Bonchev–Trinajstić information content (AvgIpc) is 2.72. The summed E-state index contributed by atoms with van der Waals surface area (Å²) in [5.41, 5.74) is 2.73. The van der Waals surface area contributed by atoms with E-state index < -0.39 is 5.97 Å². The van der Waals surface area contributed by atoms with Crippen LogP contribution >= 0.6 is 38.5 Å². The van der Waals surface area contributed by atoms with Gasteiger partial charge in [0, 0.05) is 27.8 Å². The highest BCUT2D eigenvalue weighted by Gasteiger charge is 2.31. The first-order valence-corrected chi connectivity index (χ1v) is 11.4. The van der Waals surface area contributed by atoms with Crippen molar-refractivity contribution in [1.82, 2.24) is 0 Å². The number of anilines is 1. The molecule has 3 aromatic carbocycles. The van der Waals surface area contributed by atoms with Crippen LogP contribution in [0.5, 0.6) is 5.75 Å². The summed E-state index contributed by atoms with van der Waals surface area (Å²) in [4.78, 5) is 24.5. The number of rotatable bonds is 5. The maximum absolute atomic E-state index is 12.6. The second-order valence-electron chi connectivity index (χ2n) is 6.96. The lowest BCUT2D eigenvalue weighted by Gasteiger charge is -2.29. The molecule has 0 spiro atoms. The van der Waals surface area contributed by atoms with Gasteiger partial charge in [-0.05, 0) is 52.6 Å². The van der Waals surface area contributed by atoms with Gasteiger partial charge in [0.1, 0.15) is 5.75 Å². The van der Waals surface area contributed by atoms with E-state index in [2.05, 4.69) is 56.0 Å². The minimum absolute atomic E-state index is 0.0461. The molecule has 1 atom stereocenters. The highest BCUT2D eigenvalue weighted by atomic mass is 127. The molecule has 0 saturated heterocycles. The summed E-state index contributed by atoms with van der Waals surface area (Å²) in [6.45, 7) is 1.88. The first kappa shape index (κ1) is 21.1. The number of esters is 1. The van der Waals surface area contributed by atoms with Crippen molar-refractivity contribution in [2.24, 2.45) is 0 Å². The fourth-order valence-electron chi connectivity index (χ4n) is 3.81. The molecule has 0 unspecified atom stereocenters. The molecule has 7 heteroatoms. The van der Waals surface area contributed by atoms with E-state index in [9.17, 15) is 9.59 Å². The van der Waals surface area contributed by atoms with E-state index in [4.69, 9.17) is 9.47 Å². The van der Waals surface area contributed by atoms with E-state index >= 15 is 0 Å². The summed E-state index contributed by atoms with van der Waals surface area (Å²) in [6, 6.07) is 16.0. The van der Waals surface area contributed by atoms with Crippen molar-refractivity contribution >= 4 is 66.9 Å². The van der Waals surface area contributed by atoms with E-state index in [1.807, 2.05) is 36.4 Å². The largest absolute Gasteiger partial charge is 0.480 e. The smallest absolute Gasteiger partial charge is 0.344 e. The van der Waals surface area contributed by atoms with Crippen molar-refractivity contribution in [3.8, 4) is 5.75 Å². The molecule has 0 saturated carbocycles. The molecular weight excluding hydrogens is 561 g/mol. The van der Waals surface area contributed by atoms with Crippen molar-refractivity contribution in [2.75, 3.05) is 18.5 Å². The number of hydrogen-bond acceptors (Lipinski definition) is 4. The lowest BCUT2D eigenvalue weighted by molar-refractivity contribution is -0.145. The van der Waals surface area contributed by atoms with Crippen molar-refractivity contribution in [1.29, 1.82) is 0 Å². The molecule has 0 aromatic heterocycles. The topological polar surface area (TPSA) is 64.6 Å². The third-order valence-corrected chi connectivity index (χ3v) is 6.30. The van der Waals surface area contributed by atoms with E-state index in [-0.39, 0.29) is 18.4 Å². The molecule has 5 nitrogen and oxygen atoms in total. The third-order valence-electron chi connectivity index (χ3n) is 5.04. The molecule has 1 aliphatic heterocycles. The van der Waals surface area contributed by atoms with Gasteiger partial charge in [0.2, 0.25) is 5.91 Å². The van der Waals surface area contributed by atoms with Crippen LogP contribution in [0.1, 0.15) is 30.4 Å². The Balaban J connectivity index is 1.82. The van der Waals surface area contributed by atoms with Gasteiger partial charge in [0.05, 0.1) is 15.9 Å². The molecule has 3 aromatic rings. The molecule has 4 rings (SSSR count). The van der Waals surface area contributed by atoms with Crippen LogP contribution in [0, 0.1) is 3.57 Å². The van der Waals surface area contributed by atoms with Crippen molar-refractivity contribution in [3.63, 3.8) is 0 Å². The predicted octanol–water partition coefficient (Wildman–Crippen LogP) is 5.62. The van der Waals surface area contributed by atoms with Gasteiger partial charge in [-0.25, -0.2) is 4.79 Å². The van der Waals surface area contributed by atoms with Gasteiger partial charge in [-0.2, -0.15) is 0 Å². The van der Waals surface area contributed by atoms with Crippen LogP contribution in [0.15, 0.2) is 53.0 Å². The maximum atomic E-state index is 12.6. The number of nitrogens with one attached hydrogen (secondary N) is 1. The average molecular weight is 580 g/mol. The van der Waals surface area contributed by atoms with Gasteiger partial charge in [-0.3, -0.25) is 4.79 Å². The second-order valence-corrected chi connectivity index (χ2v) is 9.03. The molecule has 1 heterocycles. The zero-order valence-electron chi connectivity index (χ0n) is 16.2. The lowest BCUT2D eigenvalue weighted by atomic mass is 9.83. The number of ether oxygens (including phenoxy) is 2. The van der Waals surface area contributed by atoms with E-state index in [0.29, 0.717) is 18.8 Å². The number of hydrogen-bond donors (Lipinski definition) is 1. The summed E-state index contributed by atoms with van der Waals surface area (Å²) in [5.74, 6) is -0.0580. The summed E-state index contributed by atoms with van der Waals surface area (Å²) in [5, 5.41) is 5.13. The molecule has 0 aliphatic carbocycles. The maximum Gasteiger partial charge on any atom is 0.344 e. The molecule has 1 aliphatic rings. The summed E-state index contributed by atoms with van der Waals surface area (Å²) in [7, 11) is 0. The Labute approximate surface area is 196 Å². The number of fused-ring (bicyclic) bond motifs is 3. The van der Waals surface area contributed by atoms with E-state index in [0.717, 1.165) is 35.6 Å². The van der Waals surface area contributed by atoms with Crippen LogP contribution < -0.4 is 10.1 Å². The van der Waals surface area contributed by atoms with Gasteiger partial charge >= 0.3 is 5.97 Å². The molecule has 1 amide bonds. The van der Waals surface area contributed by atoms with E-state index in [1.54, 1.807) is 6.92 Å². The Bertz CT molecular complexity index is 1150.